The molecule has 3 unspecified atom stereocenters. The van der Waals surface area contributed by atoms with Crippen LogP contribution < -0.4 is 10.6 Å². The van der Waals surface area contributed by atoms with Gasteiger partial charge in [-0.15, -0.1) is 0 Å². The van der Waals surface area contributed by atoms with Crippen LogP contribution in [0.25, 0.3) is 0 Å². The highest BCUT2D eigenvalue weighted by Crippen LogP contribution is 1.95. The number of hydrogen-bond donors (Lipinski definition) is 3. The molecule has 0 spiro atoms. The lowest BCUT2D eigenvalue weighted by Crippen LogP contribution is -2.43. The first-order valence-electron chi connectivity index (χ1n) is 5.45. The number of carbonyl (C=O) groups is 2. The highest BCUT2D eigenvalue weighted by Gasteiger charge is 2.14. The lowest BCUT2D eigenvalue weighted by atomic mass is 10.2. The first-order chi connectivity index (χ1) is 8.36. The van der Waals surface area contributed by atoms with Crippen LogP contribution in [0.3, 0.4) is 0 Å². The molecule has 7 nitrogen and oxygen atoms in total. The van der Waals surface area contributed by atoms with Crippen molar-refractivity contribution in [2.45, 2.75) is 24.7 Å². The molecule has 3 N–H and O–H groups in total. The van der Waals surface area contributed by atoms with Gasteiger partial charge in [0.15, 0.2) is 0 Å². The minimum absolute atomic E-state index is 0.109. The van der Waals surface area contributed by atoms with E-state index in [1.165, 1.54) is 7.11 Å². The number of nitrogens with one attached hydrogen (secondary N) is 2. The summed E-state index contributed by atoms with van der Waals surface area (Å²) >= 11 is 0. The molecular weight excluding hydrogens is 260 g/mol. The second kappa shape index (κ2) is 8.87. The molecule has 0 radical (unpaired) electrons. The van der Waals surface area contributed by atoms with Crippen molar-refractivity contribution < 1.29 is 23.6 Å². The smallest absolute Gasteiger partial charge is 0.314 e. The van der Waals surface area contributed by atoms with E-state index < -0.39 is 28.9 Å². The Morgan fingerprint density at radius 2 is 1.89 bits per heavy atom. The van der Waals surface area contributed by atoms with Crippen LogP contribution in [-0.4, -0.2) is 59.1 Å². The normalized spacial score (nSPS) is 15.5. The van der Waals surface area contributed by atoms with Gasteiger partial charge in [0.1, 0.15) is 0 Å². The van der Waals surface area contributed by atoms with Gasteiger partial charge in [0, 0.05) is 42.5 Å². The Hall–Kier alpha value is -1.15. The van der Waals surface area contributed by atoms with Gasteiger partial charge in [-0.25, -0.2) is 4.79 Å². The maximum Gasteiger partial charge on any atom is 0.314 e. The zero-order valence-electron chi connectivity index (χ0n) is 10.8. The van der Waals surface area contributed by atoms with Crippen molar-refractivity contribution >= 4 is 22.8 Å². The van der Waals surface area contributed by atoms with E-state index in [1.54, 1.807) is 13.2 Å². The molecule has 3 atom stereocenters. The minimum Gasteiger partial charge on any atom is -0.481 e. The second-order valence-electron chi connectivity index (χ2n) is 3.86. The summed E-state index contributed by atoms with van der Waals surface area (Å²) in [6.07, 6.45) is 0.829. The largest absolute Gasteiger partial charge is 0.481 e. The molecule has 0 aromatic carbocycles. The molecule has 0 aliphatic heterocycles. The fourth-order valence-corrected chi connectivity index (χ4v) is 1.37. The molecule has 0 aromatic rings. The van der Waals surface area contributed by atoms with Crippen LogP contribution in [-0.2, 0) is 20.3 Å². The lowest BCUT2D eigenvalue weighted by Gasteiger charge is -2.15. The van der Waals surface area contributed by atoms with E-state index >= 15 is 0 Å². The Balaban J connectivity index is 3.87. The number of hydrogen-bond acceptors (Lipinski definition) is 4. The zero-order chi connectivity index (χ0) is 14.1. The van der Waals surface area contributed by atoms with E-state index in [4.69, 9.17) is 9.84 Å². The van der Waals surface area contributed by atoms with Gasteiger partial charge in [0.05, 0.1) is 12.5 Å². The van der Waals surface area contributed by atoms with Crippen molar-refractivity contribution in [2.75, 3.05) is 26.5 Å². The Morgan fingerprint density at radius 1 is 1.33 bits per heavy atom. The summed E-state index contributed by atoms with van der Waals surface area (Å²) in [6, 6.07) is -0.431. The predicted molar refractivity (Wildman–Crippen MR) is 68.0 cm³/mol. The summed E-state index contributed by atoms with van der Waals surface area (Å²) in [5.74, 6) is -0.987. The Kier molecular flexibility index (Phi) is 8.30. The third kappa shape index (κ3) is 8.02. The van der Waals surface area contributed by atoms with Gasteiger partial charge in [0.2, 0.25) is 0 Å². The van der Waals surface area contributed by atoms with Crippen LogP contribution in [0, 0.1) is 0 Å². The topological polar surface area (TPSA) is 105 Å². The highest BCUT2D eigenvalue weighted by molar-refractivity contribution is 7.84. The Bertz CT molecular complexity index is 311. The van der Waals surface area contributed by atoms with Crippen LogP contribution in [0.1, 0.15) is 13.3 Å². The fraction of sp³-hybridized carbons (Fsp3) is 0.800. The van der Waals surface area contributed by atoms with Crippen LogP contribution in [0.4, 0.5) is 4.79 Å². The number of aliphatic carboxylic acids is 1. The average Bonchev–Trinajstić information content (AvgIpc) is 2.30. The summed E-state index contributed by atoms with van der Waals surface area (Å²) < 4.78 is 15.9. The Morgan fingerprint density at radius 3 is 2.33 bits per heavy atom. The van der Waals surface area contributed by atoms with Crippen LogP contribution in [0.2, 0.25) is 0 Å². The number of ether oxygens (including phenoxy) is 1. The summed E-state index contributed by atoms with van der Waals surface area (Å²) in [5.41, 5.74) is 0. The SMILES string of the molecule is COC(CNC(=O)NCC(C)S(C)=O)CC(=O)O. The number of carboxylic acids is 1. The fourth-order valence-electron chi connectivity index (χ4n) is 1.06. The molecule has 0 aromatic heterocycles. The molecule has 18 heavy (non-hydrogen) atoms. The van der Waals surface area contributed by atoms with Crippen molar-refractivity contribution in [3.8, 4) is 0 Å². The van der Waals surface area contributed by atoms with E-state index in [1.807, 2.05) is 0 Å². The van der Waals surface area contributed by atoms with Crippen molar-refractivity contribution in [3.05, 3.63) is 0 Å². The summed E-state index contributed by atoms with van der Waals surface area (Å²) in [4.78, 5) is 21.8. The van der Waals surface area contributed by atoms with Crippen molar-refractivity contribution in [1.82, 2.24) is 10.6 Å². The van der Waals surface area contributed by atoms with Crippen LogP contribution in [0.5, 0.6) is 0 Å². The molecule has 0 saturated heterocycles. The molecule has 8 heteroatoms. The lowest BCUT2D eigenvalue weighted by molar-refractivity contribution is -0.139. The van der Waals surface area contributed by atoms with Gasteiger partial charge in [0.25, 0.3) is 0 Å². The van der Waals surface area contributed by atoms with E-state index in [9.17, 15) is 13.8 Å². The molecule has 0 rings (SSSR count). The number of methoxy groups -OCH3 is 1. The van der Waals surface area contributed by atoms with Gasteiger partial charge >= 0.3 is 12.0 Å². The minimum atomic E-state index is -0.994. The molecule has 0 aliphatic carbocycles. The van der Waals surface area contributed by atoms with Gasteiger partial charge < -0.3 is 20.5 Å². The molecule has 2 amide bonds. The van der Waals surface area contributed by atoms with Gasteiger partial charge in [-0.05, 0) is 6.92 Å². The standard InChI is InChI=1S/C10H20N2O5S/c1-7(18(3)16)5-11-10(15)12-6-8(17-2)4-9(13)14/h7-8H,4-6H2,1-3H3,(H,13,14)(H2,11,12,15). The number of urea groups is 1. The molecule has 0 fully saturated rings. The quantitative estimate of drug-likeness (QED) is 0.558. The van der Waals surface area contributed by atoms with Crippen LogP contribution >= 0.6 is 0 Å². The first kappa shape index (κ1) is 16.9. The zero-order valence-corrected chi connectivity index (χ0v) is 11.6. The van der Waals surface area contributed by atoms with Gasteiger partial charge in [-0.2, -0.15) is 0 Å². The maximum atomic E-state index is 11.4. The van der Waals surface area contributed by atoms with E-state index in [0.29, 0.717) is 6.54 Å². The number of amides is 2. The van der Waals surface area contributed by atoms with Crippen LogP contribution in [0.15, 0.2) is 0 Å². The summed E-state index contributed by atoms with van der Waals surface area (Å²) in [5, 5.41) is 13.5. The van der Waals surface area contributed by atoms with Gasteiger partial charge in [-0.1, -0.05) is 0 Å². The molecule has 0 bridgehead atoms. The number of carboxylic acid groups (broad SMARTS) is 1. The third-order valence-corrected chi connectivity index (χ3v) is 3.64. The average molecular weight is 280 g/mol. The molecule has 0 saturated carbocycles. The molecule has 0 heterocycles. The highest BCUT2D eigenvalue weighted by atomic mass is 32.2. The molecule has 0 aliphatic rings. The van der Waals surface area contributed by atoms with Crippen molar-refractivity contribution in [1.29, 1.82) is 0 Å². The molecule has 106 valence electrons. The Labute approximate surface area is 109 Å². The van der Waals surface area contributed by atoms with E-state index in [-0.39, 0.29) is 18.2 Å². The van der Waals surface area contributed by atoms with Gasteiger partial charge in [-0.3, -0.25) is 9.00 Å². The second-order valence-corrected chi connectivity index (χ2v) is 5.66. The number of rotatable bonds is 8. The first-order valence-corrected chi connectivity index (χ1v) is 7.07. The molecular formula is C10H20N2O5S. The summed E-state index contributed by atoms with van der Waals surface area (Å²) in [6.45, 7) is 2.17. The number of carbonyl (C=O) groups excluding carboxylic acids is 1. The summed E-state index contributed by atoms with van der Waals surface area (Å²) in [7, 11) is 0.391. The monoisotopic (exact) mass is 280 g/mol. The third-order valence-electron chi connectivity index (χ3n) is 2.34. The van der Waals surface area contributed by atoms with Crippen molar-refractivity contribution in [3.63, 3.8) is 0 Å². The predicted octanol–water partition coefficient (Wildman–Crippen LogP) is -0.458. The van der Waals surface area contributed by atoms with Crippen molar-refractivity contribution in [2.24, 2.45) is 0 Å². The maximum absolute atomic E-state index is 11.4. The van der Waals surface area contributed by atoms with E-state index in [0.717, 1.165) is 0 Å². The van der Waals surface area contributed by atoms with E-state index in [2.05, 4.69) is 10.6 Å².